The maximum atomic E-state index is 5.67. The van der Waals surface area contributed by atoms with Crippen LogP contribution in [0.25, 0.3) is 0 Å². The van der Waals surface area contributed by atoms with Gasteiger partial charge in [-0.25, -0.2) is 0 Å². The smallest absolute Gasteiger partial charge is 0.121 e. The molecule has 3 N–H and O–H groups in total. The Kier molecular flexibility index (Phi) is 6.76. The zero-order valence-electron chi connectivity index (χ0n) is 11.8. The van der Waals surface area contributed by atoms with E-state index in [0.717, 1.165) is 38.2 Å². The molecule has 1 atom stereocenters. The highest BCUT2D eigenvalue weighted by Crippen LogP contribution is 2.18. The third-order valence-corrected chi connectivity index (χ3v) is 3.39. The van der Waals surface area contributed by atoms with Crippen molar-refractivity contribution in [2.24, 2.45) is 11.7 Å². The van der Waals surface area contributed by atoms with Gasteiger partial charge in [0.05, 0.1) is 7.11 Å². The Morgan fingerprint density at radius 3 is 2.72 bits per heavy atom. The van der Waals surface area contributed by atoms with Crippen molar-refractivity contribution in [3.05, 3.63) is 29.3 Å². The topological polar surface area (TPSA) is 47.3 Å². The number of hydrogen-bond acceptors (Lipinski definition) is 3. The summed E-state index contributed by atoms with van der Waals surface area (Å²) in [5.41, 5.74) is 8.22. The number of ether oxygens (including phenoxy) is 1. The Labute approximate surface area is 111 Å². The SMILES string of the molecule is CCC(CN)CNCCc1ccc(OC)c(C)c1. The van der Waals surface area contributed by atoms with Crippen LogP contribution in [0.5, 0.6) is 5.75 Å². The van der Waals surface area contributed by atoms with Crippen LogP contribution in [0, 0.1) is 12.8 Å². The summed E-state index contributed by atoms with van der Waals surface area (Å²) in [5, 5.41) is 3.47. The molecule has 0 aliphatic heterocycles. The van der Waals surface area contributed by atoms with Crippen LogP contribution in [0.4, 0.5) is 0 Å². The van der Waals surface area contributed by atoms with Gasteiger partial charge in [0.1, 0.15) is 5.75 Å². The highest BCUT2D eigenvalue weighted by atomic mass is 16.5. The van der Waals surface area contributed by atoms with E-state index in [1.807, 2.05) is 6.07 Å². The number of methoxy groups -OCH3 is 1. The first-order valence-corrected chi connectivity index (χ1v) is 6.75. The summed E-state index contributed by atoms with van der Waals surface area (Å²) >= 11 is 0. The van der Waals surface area contributed by atoms with E-state index in [1.165, 1.54) is 11.1 Å². The zero-order chi connectivity index (χ0) is 13.4. The van der Waals surface area contributed by atoms with Crippen LogP contribution in [0.15, 0.2) is 18.2 Å². The molecule has 0 heterocycles. The molecular weight excluding hydrogens is 224 g/mol. The first-order valence-electron chi connectivity index (χ1n) is 6.75. The van der Waals surface area contributed by atoms with Crippen LogP contribution in [0.1, 0.15) is 24.5 Å². The molecule has 0 saturated heterocycles. The molecule has 0 aliphatic rings. The van der Waals surface area contributed by atoms with Crippen molar-refractivity contribution in [2.75, 3.05) is 26.7 Å². The minimum atomic E-state index is 0.600. The second-order valence-corrected chi connectivity index (χ2v) is 4.77. The molecule has 0 spiro atoms. The molecule has 102 valence electrons. The number of hydrogen-bond donors (Lipinski definition) is 2. The van der Waals surface area contributed by atoms with Gasteiger partial charge < -0.3 is 15.8 Å². The second kappa shape index (κ2) is 8.11. The van der Waals surface area contributed by atoms with Gasteiger partial charge >= 0.3 is 0 Å². The summed E-state index contributed by atoms with van der Waals surface area (Å²) in [6.07, 6.45) is 2.19. The molecule has 0 saturated carbocycles. The van der Waals surface area contributed by atoms with E-state index >= 15 is 0 Å². The van der Waals surface area contributed by atoms with E-state index in [1.54, 1.807) is 7.11 Å². The molecule has 1 unspecified atom stereocenters. The van der Waals surface area contributed by atoms with Gasteiger partial charge in [-0.1, -0.05) is 25.5 Å². The van der Waals surface area contributed by atoms with E-state index < -0.39 is 0 Å². The summed E-state index contributed by atoms with van der Waals surface area (Å²) in [7, 11) is 1.71. The molecule has 3 nitrogen and oxygen atoms in total. The van der Waals surface area contributed by atoms with E-state index in [-0.39, 0.29) is 0 Å². The average molecular weight is 250 g/mol. The van der Waals surface area contributed by atoms with E-state index in [0.29, 0.717) is 5.92 Å². The number of rotatable bonds is 8. The van der Waals surface area contributed by atoms with Crippen molar-refractivity contribution in [3.8, 4) is 5.75 Å². The predicted molar refractivity (Wildman–Crippen MR) is 77.1 cm³/mol. The van der Waals surface area contributed by atoms with Gasteiger partial charge in [0.2, 0.25) is 0 Å². The fourth-order valence-electron chi connectivity index (χ4n) is 2.03. The third-order valence-electron chi connectivity index (χ3n) is 3.39. The molecule has 0 fully saturated rings. The Morgan fingerprint density at radius 2 is 2.17 bits per heavy atom. The van der Waals surface area contributed by atoms with Crippen molar-refractivity contribution < 1.29 is 4.74 Å². The minimum Gasteiger partial charge on any atom is -0.496 e. The summed E-state index contributed by atoms with van der Waals surface area (Å²) in [4.78, 5) is 0. The Morgan fingerprint density at radius 1 is 1.39 bits per heavy atom. The molecule has 3 heteroatoms. The quantitative estimate of drug-likeness (QED) is 0.695. The highest BCUT2D eigenvalue weighted by molar-refractivity contribution is 5.36. The van der Waals surface area contributed by atoms with Gasteiger partial charge in [-0.2, -0.15) is 0 Å². The first kappa shape index (κ1) is 15.0. The number of nitrogens with two attached hydrogens (primary N) is 1. The average Bonchev–Trinajstić information content (AvgIpc) is 2.39. The molecule has 1 aromatic carbocycles. The Balaban J connectivity index is 2.33. The van der Waals surface area contributed by atoms with Gasteiger partial charge in [0, 0.05) is 0 Å². The summed E-state index contributed by atoms with van der Waals surface area (Å²) in [6.45, 7) is 7.05. The zero-order valence-corrected chi connectivity index (χ0v) is 11.8. The molecule has 1 rings (SSSR count). The number of benzene rings is 1. The number of nitrogens with one attached hydrogen (secondary N) is 1. The van der Waals surface area contributed by atoms with Crippen LogP contribution in [0.2, 0.25) is 0 Å². The van der Waals surface area contributed by atoms with Crippen molar-refractivity contribution in [1.82, 2.24) is 5.32 Å². The fourth-order valence-corrected chi connectivity index (χ4v) is 2.03. The predicted octanol–water partition coefficient (Wildman–Crippen LogP) is 2.12. The van der Waals surface area contributed by atoms with Crippen LogP contribution in [-0.4, -0.2) is 26.7 Å². The lowest BCUT2D eigenvalue weighted by Gasteiger charge is -2.13. The molecule has 0 amide bonds. The van der Waals surface area contributed by atoms with Crippen molar-refractivity contribution in [2.45, 2.75) is 26.7 Å². The van der Waals surface area contributed by atoms with E-state index in [9.17, 15) is 0 Å². The van der Waals surface area contributed by atoms with Crippen LogP contribution < -0.4 is 15.8 Å². The fraction of sp³-hybridized carbons (Fsp3) is 0.600. The molecule has 1 aromatic rings. The lowest BCUT2D eigenvalue weighted by molar-refractivity contribution is 0.411. The van der Waals surface area contributed by atoms with Crippen LogP contribution >= 0.6 is 0 Å². The van der Waals surface area contributed by atoms with Crippen LogP contribution in [-0.2, 0) is 6.42 Å². The second-order valence-electron chi connectivity index (χ2n) is 4.77. The molecule has 0 aliphatic carbocycles. The molecule has 18 heavy (non-hydrogen) atoms. The van der Waals surface area contributed by atoms with Crippen molar-refractivity contribution >= 4 is 0 Å². The van der Waals surface area contributed by atoms with Crippen molar-refractivity contribution in [1.29, 1.82) is 0 Å². The standard InChI is InChI=1S/C15H26N2O/c1-4-13(10-16)11-17-8-7-14-5-6-15(18-3)12(2)9-14/h5-6,9,13,17H,4,7-8,10-11,16H2,1-3H3. The highest BCUT2D eigenvalue weighted by Gasteiger charge is 2.03. The number of aryl methyl sites for hydroxylation is 1. The van der Waals surface area contributed by atoms with Gasteiger partial charge in [0.25, 0.3) is 0 Å². The van der Waals surface area contributed by atoms with Gasteiger partial charge in [-0.05, 0) is 56.1 Å². The lowest BCUT2D eigenvalue weighted by Crippen LogP contribution is -2.29. The maximum Gasteiger partial charge on any atom is 0.121 e. The van der Waals surface area contributed by atoms with E-state index in [4.69, 9.17) is 10.5 Å². The largest absolute Gasteiger partial charge is 0.496 e. The molecule has 0 bridgehead atoms. The monoisotopic (exact) mass is 250 g/mol. The molecular formula is C15H26N2O. The summed E-state index contributed by atoms with van der Waals surface area (Å²) in [5.74, 6) is 1.56. The van der Waals surface area contributed by atoms with Crippen molar-refractivity contribution in [3.63, 3.8) is 0 Å². The lowest BCUT2D eigenvalue weighted by atomic mass is 10.1. The molecule has 0 aromatic heterocycles. The summed E-state index contributed by atoms with van der Waals surface area (Å²) < 4.78 is 5.26. The van der Waals surface area contributed by atoms with Crippen LogP contribution in [0.3, 0.4) is 0 Å². The molecule has 0 radical (unpaired) electrons. The first-order chi connectivity index (χ1) is 8.71. The van der Waals surface area contributed by atoms with Gasteiger partial charge in [0.15, 0.2) is 0 Å². The van der Waals surface area contributed by atoms with Gasteiger partial charge in [-0.15, -0.1) is 0 Å². The minimum absolute atomic E-state index is 0.600. The Bertz CT molecular complexity index is 348. The normalized spacial score (nSPS) is 12.4. The third kappa shape index (κ3) is 4.67. The van der Waals surface area contributed by atoms with Gasteiger partial charge in [-0.3, -0.25) is 0 Å². The Hall–Kier alpha value is -1.06. The van der Waals surface area contributed by atoms with E-state index in [2.05, 4.69) is 31.3 Å². The summed E-state index contributed by atoms with van der Waals surface area (Å²) in [6, 6.07) is 6.37. The maximum absolute atomic E-state index is 5.67.